The van der Waals surface area contributed by atoms with Crippen LogP contribution in [-0.2, 0) is 4.74 Å². The summed E-state index contributed by atoms with van der Waals surface area (Å²) in [5, 5.41) is 14.1. The fourth-order valence-electron chi connectivity index (χ4n) is 1.75. The maximum absolute atomic E-state index is 11.7. The molecule has 21 heavy (non-hydrogen) atoms. The normalized spacial score (nSPS) is 13.7. The Labute approximate surface area is 122 Å². The van der Waals surface area contributed by atoms with Gasteiger partial charge in [0.05, 0.1) is 5.69 Å². The number of hydrogen-bond acceptors (Lipinski definition) is 4. The number of aromatic nitrogens is 1. The van der Waals surface area contributed by atoms with Crippen molar-refractivity contribution in [1.82, 2.24) is 10.3 Å². The first-order valence-corrected chi connectivity index (χ1v) is 6.97. The van der Waals surface area contributed by atoms with Gasteiger partial charge in [0, 0.05) is 26.0 Å². The predicted octanol–water partition coefficient (Wildman–Crippen LogP) is 1.72. The van der Waals surface area contributed by atoms with Crippen molar-refractivity contribution in [2.24, 2.45) is 5.92 Å². The van der Waals surface area contributed by atoms with Crippen LogP contribution in [-0.4, -0.2) is 41.8 Å². The van der Waals surface area contributed by atoms with Crippen LogP contribution in [0, 0.1) is 5.92 Å². The van der Waals surface area contributed by atoms with E-state index in [1.54, 1.807) is 6.07 Å². The molecule has 0 aromatic carbocycles. The Morgan fingerprint density at radius 3 is 2.95 bits per heavy atom. The molecule has 1 aliphatic carbocycles. The molecule has 7 heteroatoms. The zero-order valence-corrected chi connectivity index (χ0v) is 11.7. The Morgan fingerprint density at radius 1 is 1.43 bits per heavy atom. The number of urea groups is 1. The number of carbonyl (C=O) groups excluding carboxylic acids is 1. The Hall–Kier alpha value is -2.15. The number of carboxylic acid groups (broad SMARTS) is 1. The van der Waals surface area contributed by atoms with Gasteiger partial charge in [-0.1, -0.05) is 0 Å². The lowest BCUT2D eigenvalue weighted by atomic mass is 10.3. The number of aromatic carboxylic acids is 1. The molecule has 1 aliphatic rings. The van der Waals surface area contributed by atoms with Gasteiger partial charge in [0.1, 0.15) is 0 Å². The van der Waals surface area contributed by atoms with E-state index in [-0.39, 0.29) is 11.4 Å². The summed E-state index contributed by atoms with van der Waals surface area (Å²) in [6.45, 7) is 1.90. The SMILES string of the molecule is O=C(NCCCOCC1CC1)Nc1cccnc1C(=O)O. The van der Waals surface area contributed by atoms with Crippen LogP contribution in [0.4, 0.5) is 10.5 Å². The molecule has 0 aliphatic heterocycles. The van der Waals surface area contributed by atoms with Crippen LogP contribution in [0.5, 0.6) is 0 Å². The van der Waals surface area contributed by atoms with Gasteiger partial charge in [-0.3, -0.25) is 0 Å². The molecule has 1 aromatic heterocycles. The highest BCUT2D eigenvalue weighted by atomic mass is 16.5. The Bertz CT molecular complexity index is 503. The van der Waals surface area contributed by atoms with Crippen LogP contribution in [0.1, 0.15) is 29.8 Å². The monoisotopic (exact) mass is 293 g/mol. The molecule has 0 unspecified atom stereocenters. The number of anilines is 1. The molecule has 1 aromatic rings. The second-order valence-electron chi connectivity index (χ2n) is 4.96. The number of nitrogens with one attached hydrogen (secondary N) is 2. The number of carboxylic acids is 1. The van der Waals surface area contributed by atoms with Crippen molar-refractivity contribution in [2.45, 2.75) is 19.3 Å². The van der Waals surface area contributed by atoms with Crippen LogP contribution >= 0.6 is 0 Å². The summed E-state index contributed by atoms with van der Waals surface area (Å²) in [4.78, 5) is 26.3. The summed E-state index contributed by atoms with van der Waals surface area (Å²) < 4.78 is 5.45. The summed E-state index contributed by atoms with van der Waals surface area (Å²) in [5.74, 6) is -0.444. The second-order valence-corrected chi connectivity index (χ2v) is 4.96. The zero-order valence-electron chi connectivity index (χ0n) is 11.7. The number of ether oxygens (including phenoxy) is 1. The molecule has 0 saturated heterocycles. The largest absolute Gasteiger partial charge is 0.476 e. The molecule has 0 spiro atoms. The van der Waals surface area contributed by atoms with Crippen molar-refractivity contribution < 1.29 is 19.4 Å². The summed E-state index contributed by atoms with van der Waals surface area (Å²) in [5.41, 5.74) is -0.00657. The van der Waals surface area contributed by atoms with Crippen molar-refractivity contribution in [3.05, 3.63) is 24.0 Å². The maximum atomic E-state index is 11.7. The fourth-order valence-corrected chi connectivity index (χ4v) is 1.75. The van der Waals surface area contributed by atoms with Crippen LogP contribution < -0.4 is 10.6 Å². The van der Waals surface area contributed by atoms with Crippen molar-refractivity contribution >= 4 is 17.7 Å². The van der Waals surface area contributed by atoms with Gasteiger partial charge >= 0.3 is 12.0 Å². The lowest BCUT2D eigenvalue weighted by Crippen LogP contribution is -2.30. The van der Waals surface area contributed by atoms with E-state index in [1.165, 1.54) is 25.1 Å². The first-order chi connectivity index (χ1) is 10.2. The minimum absolute atomic E-state index is 0.174. The summed E-state index contributed by atoms with van der Waals surface area (Å²) in [7, 11) is 0. The molecular formula is C14H19N3O4. The standard InChI is InChI=1S/C14H19N3O4/c18-13(19)12-11(3-1-6-15-12)17-14(20)16-7-2-8-21-9-10-4-5-10/h1,3,6,10H,2,4-5,7-9H2,(H,18,19)(H2,16,17,20). The number of pyridine rings is 1. The molecule has 114 valence electrons. The molecule has 0 radical (unpaired) electrons. The van der Waals surface area contributed by atoms with Crippen molar-refractivity contribution in [1.29, 1.82) is 0 Å². The predicted molar refractivity (Wildman–Crippen MR) is 76.4 cm³/mol. The number of amides is 2. The van der Waals surface area contributed by atoms with Gasteiger partial charge < -0.3 is 20.5 Å². The average Bonchev–Trinajstić information content (AvgIpc) is 3.27. The van der Waals surface area contributed by atoms with E-state index >= 15 is 0 Å². The van der Waals surface area contributed by atoms with Gasteiger partial charge in [0.25, 0.3) is 0 Å². The summed E-state index contributed by atoms with van der Waals surface area (Å²) in [6.07, 6.45) is 4.61. The highest BCUT2D eigenvalue weighted by molar-refractivity contribution is 5.98. The van der Waals surface area contributed by atoms with E-state index in [9.17, 15) is 9.59 Å². The molecule has 1 fully saturated rings. The Kier molecular flexibility index (Phi) is 5.51. The molecule has 1 saturated carbocycles. The lowest BCUT2D eigenvalue weighted by Gasteiger charge is -2.09. The lowest BCUT2D eigenvalue weighted by molar-refractivity contribution is 0.0691. The van der Waals surface area contributed by atoms with Crippen LogP contribution in [0.3, 0.4) is 0 Å². The Balaban J connectivity index is 1.65. The van der Waals surface area contributed by atoms with E-state index in [4.69, 9.17) is 9.84 Å². The molecule has 2 amide bonds. The number of nitrogens with zero attached hydrogens (tertiary/aromatic N) is 1. The van der Waals surface area contributed by atoms with Gasteiger partial charge in [-0.15, -0.1) is 0 Å². The number of rotatable bonds is 8. The first kappa shape index (κ1) is 15.2. The van der Waals surface area contributed by atoms with Crippen molar-refractivity contribution in [3.8, 4) is 0 Å². The van der Waals surface area contributed by atoms with Crippen molar-refractivity contribution in [2.75, 3.05) is 25.1 Å². The molecule has 3 N–H and O–H groups in total. The summed E-state index contributed by atoms with van der Waals surface area (Å²) >= 11 is 0. The van der Waals surface area contributed by atoms with E-state index in [0.717, 1.165) is 18.9 Å². The number of carbonyl (C=O) groups is 2. The topological polar surface area (TPSA) is 101 Å². The van der Waals surface area contributed by atoms with E-state index in [2.05, 4.69) is 15.6 Å². The fraction of sp³-hybridized carbons (Fsp3) is 0.500. The Morgan fingerprint density at radius 2 is 2.24 bits per heavy atom. The van der Waals surface area contributed by atoms with Crippen LogP contribution in [0.25, 0.3) is 0 Å². The highest BCUT2D eigenvalue weighted by Crippen LogP contribution is 2.28. The third-order valence-electron chi connectivity index (χ3n) is 3.06. The van der Waals surface area contributed by atoms with Gasteiger partial charge in [-0.2, -0.15) is 0 Å². The smallest absolute Gasteiger partial charge is 0.356 e. The quantitative estimate of drug-likeness (QED) is 0.634. The molecule has 1 heterocycles. The minimum Gasteiger partial charge on any atom is -0.476 e. The minimum atomic E-state index is -1.18. The first-order valence-electron chi connectivity index (χ1n) is 6.97. The van der Waals surface area contributed by atoms with E-state index in [0.29, 0.717) is 13.2 Å². The number of hydrogen-bond donors (Lipinski definition) is 3. The molecule has 2 rings (SSSR count). The molecule has 0 bridgehead atoms. The molecule has 0 atom stereocenters. The van der Waals surface area contributed by atoms with Gasteiger partial charge in [0.15, 0.2) is 5.69 Å². The van der Waals surface area contributed by atoms with Crippen molar-refractivity contribution in [3.63, 3.8) is 0 Å². The molecular weight excluding hydrogens is 274 g/mol. The van der Waals surface area contributed by atoms with Gasteiger partial charge in [-0.25, -0.2) is 14.6 Å². The third kappa shape index (κ3) is 5.39. The molecule has 7 nitrogen and oxygen atoms in total. The third-order valence-corrected chi connectivity index (χ3v) is 3.06. The van der Waals surface area contributed by atoms with Gasteiger partial charge in [-0.05, 0) is 37.3 Å². The second kappa shape index (κ2) is 7.58. The zero-order chi connectivity index (χ0) is 15.1. The summed E-state index contributed by atoms with van der Waals surface area (Å²) in [6, 6.07) is 2.61. The average molecular weight is 293 g/mol. The maximum Gasteiger partial charge on any atom is 0.356 e. The van der Waals surface area contributed by atoms with Gasteiger partial charge in [0.2, 0.25) is 0 Å². The van der Waals surface area contributed by atoms with E-state index < -0.39 is 12.0 Å². The highest BCUT2D eigenvalue weighted by Gasteiger charge is 2.20. The van der Waals surface area contributed by atoms with Crippen LogP contribution in [0.15, 0.2) is 18.3 Å². The van der Waals surface area contributed by atoms with E-state index in [1.807, 2.05) is 0 Å². The van der Waals surface area contributed by atoms with Crippen LogP contribution in [0.2, 0.25) is 0 Å².